The highest BCUT2D eigenvalue weighted by atomic mass is 32.2. The van der Waals surface area contributed by atoms with Gasteiger partial charge in [-0.25, -0.2) is 8.42 Å². The first-order chi connectivity index (χ1) is 8.27. The molecule has 1 aromatic heterocycles. The molecule has 0 atom stereocenters. The van der Waals surface area contributed by atoms with Gasteiger partial charge in [0.05, 0.1) is 5.69 Å². The van der Waals surface area contributed by atoms with Crippen LogP contribution in [0.2, 0.25) is 0 Å². The van der Waals surface area contributed by atoms with Gasteiger partial charge in [-0.1, -0.05) is 6.92 Å². The van der Waals surface area contributed by atoms with Gasteiger partial charge >= 0.3 is 0 Å². The highest BCUT2D eigenvalue weighted by molar-refractivity contribution is 7.89. The van der Waals surface area contributed by atoms with Crippen molar-refractivity contribution in [2.45, 2.75) is 37.6 Å². The van der Waals surface area contributed by atoms with Crippen molar-refractivity contribution in [3.8, 4) is 0 Å². The second-order valence-corrected chi connectivity index (χ2v) is 6.70. The molecule has 0 saturated carbocycles. The Morgan fingerprint density at radius 3 is 2.56 bits per heavy atom. The highest BCUT2D eigenvalue weighted by Gasteiger charge is 2.34. The van der Waals surface area contributed by atoms with E-state index in [0.717, 1.165) is 6.42 Å². The van der Waals surface area contributed by atoms with Crippen LogP contribution >= 0.6 is 0 Å². The predicted octanol–water partition coefficient (Wildman–Crippen LogP) is 1.93. The monoisotopic (exact) mass is 271 g/mol. The molecule has 1 N–H and O–H groups in total. The molecule has 0 bridgehead atoms. The molecule has 0 aliphatic carbocycles. The summed E-state index contributed by atoms with van der Waals surface area (Å²) in [5.74, 6) is 0. The molecule has 5 nitrogen and oxygen atoms in total. The predicted molar refractivity (Wildman–Crippen MR) is 73.1 cm³/mol. The second kappa shape index (κ2) is 5.24. The summed E-state index contributed by atoms with van der Waals surface area (Å²) in [7, 11) is -0.247. The molecule has 0 saturated heterocycles. The van der Waals surface area contributed by atoms with Gasteiger partial charge in [-0.15, -0.1) is 0 Å². The quantitative estimate of drug-likeness (QED) is 0.889. The van der Waals surface area contributed by atoms with Gasteiger partial charge in [0.25, 0.3) is 0 Å². The van der Waals surface area contributed by atoms with E-state index >= 15 is 0 Å². The van der Waals surface area contributed by atoms with Crippen LogP contribution < -0.4 is 5.32 Å². The Morgan fingerprint density at radius 1 is 1.44 bits per heavy atom. The van der Waals surface area contributed by atoms with E-state index in [1.165, 1.54) is 10.5 Å². The Labute approximate surface area is 109 Å². The first-order valence-corrected chi connectivity index (χ1v) is 7.32. The van der Waals surface area contributed by atoms with Crippen molar-refractivity contribution < 1.29 is 8.42 Å². The van der Waals surface area contributed by atoms with E-state index in [2.05, 4.69) is 10.3 Å². The van der Waals surface area contributed by atoms with Crippen LogP contribution in [0.15, 0.2) is 23.4 Å². The average molecular weight is 271 g/mol. The summed E-state index contributed by atoms with van der Waals surface area (Å²) >= 11 is 0. The van der Waals surface area contributed by atoms with Gasteiger partial charge in [0.15, 0.2) is 0 Å². The fourth-order valence-corrected chi connectivity index (χ4v) is 3.20. The minimum absolute atomic E-state index is 0.205. The molecular formula is C12H21N3O2S. The molecule has 0 aliphatic rings. The van der Waals surface area contributed by atoms with Crippen LogP contribution in [0.1, 0.15) is 27.2 Å². The zero-order chi connectivity index (χ0) is 14.0. The minimum atomic E-state index is -3.54. The summed E-state index contributed by atoms with van der Waals surface area (Å²) in [5.41, 5.74) is 0.128. The summed E-state index contributed by atoms with van der Waals surface area (Å²) in [5, 5.41) is 2.88. The van der Waals surface area contributed by atoms with Gasteiger partial charge in [-0.05, 0) is 26.3 Å². The third-order valence-corrected chi connectivity index (χ3v) is 5.51. The Kier molecular flexibility index (Phi) is 4.34. The lowest BCUT2D eigenvalue weighted by atomic mass is 10.0. The van der Waals surface area contributed by atoms with Gasteiger partial charge in [0.1, 0.15) is 4.90 Å². The van der Waals surface area contributed by atoms with E-state index in [-0.39, 0.29) is 4.90 Å². The molecule has 6 heteroatoms. The number of hydrogen-bond acceptors (Lipinski definition) is 4. The molecule has 1 heterocycles. The number of hydrogen-bond donors (Lipinski definition) is 1. The smallest absolute Gasteiger partial charge is 0.246 e. The number of pyridine rings is 1. The Bertz CT molecular complexity index is 512. The zero-order valence-corrected chi connectivity index (χ0v) is 12.4. The molecule has 0 fully saturated rings. The lowest BCUT2D eigenvalue weighted by molar-refractivity contribution is 0.257. The molecule has 1 aromatic rings. The van der Waals surface area contributed by atoms with Crippen molar-refractivity contribution in [1.29, 1.82) is 0 Å². The van der Waals surface area contributed by atoms with Crippen LogP contribution in [-0.4, -0.2) is 37.3 Å². The molecule has 0 aromatic carbocycles. The number of rotatable bonds is 5. The van der Waals surface area contributed by atoms with Gasteiger partial charge in [-0.3, -0.25) is 4.98 Å². The van der Waals surface area contributed by atoms with E-state index in [4.69, 9.17) is 0 Å². The van der Waals surface area contributed by atoms with Crippen molar-refractivity contribution in [3.63, 3.8) is 0 Å². The maximum absolute atomic E-state index is 12.6. The van der Waals surface area contributed by atoms with Crippen LogP contribution in [0.3, 0.4) is 0 Å². The fourth-order valence-electron chi connectivity index (χ4n) is 1.49. The van der Waals surface area contributed by atoms with Gasteiger partial charge in [-0.2, -0.15) is 4.31 Å². The number of anilines is 1. The van der Waals surface area contributed by atoms with Crippen LogP contribution in [0, 0.1) is 0 Å². The highest BCUT2D eigenvalue weighted by Crippen LogP contribution is 2.28. The van der Waals surface area contributed by atoms with E-state index in [0.29, 0.717) is 5.69 Å². The summed E-state index contributed by atoms with van der Waals surface area (Å²) < 4.78 is 26.5. The summed E-state index contributed by atoms with van der Waals surface area (Å²) in [4.78, 5) is 4.11. The standard InChI is InChI=1S/C12H21N3O2S/c1-6-12(2,3)15(5)18(16,17)11-9-14-8-7-10(11)13-4/h7-9H,6H2,1-5H3,(H,13,14). The average Bonchev–Trinajstić information content (AvgIpc) is 2.37. The largest absolute Gasteiger partial charge is 0.387 e. The third kappa shape index (κ3) is 2.64. The van der Waals surface area contributed by atoms with E-state index in [1.54, 1.807) is 26.4 Å². The number of sulfonamides is 1. The van der Waals surface area contributed by atoms with Crippen molar-refractivity contribution in [3.05, 3.63) is 18.5 Å². The van der Waals surface area contributed by atoms with Crippen molar-refractivity contribution in [2.75, 3.05) is 19.4 Å². The lowest BCUT2D eigenvalue weighted by Gasteiger charge is -2.33. The van der Waals surface area contributed by atoms with Crippen molar-refractivity contribution in [2.24, 2.45) is 0 Å². The molecule has 0 amide bonds. The normalized spacial score (nSPS) is 12.8. The Hall–Kier alpha value is -1.14. The molecule has 0 aliphatic heterocycles. The Balaban J connectivity index is 3.30. The number of aromatic nitrogens is 1. The summed E-state index contributed by atoms with van der Waals surface area (Å²) in [6.45, 7) is 5.77. The number of nitrogens with zero attached hydrogens (tertiary/aromatic N) is 2. The van der Waals surface area contributed by atoms with E-state index < -0.39 is 15.6 Å². The van der Waals surface area contributed by atoms with Crippen molar-refractivity contribution in [1.82, 2.24) is 9.29 Å². The SMILES string of the molecule is CCC(C)(C)N(C)S(=O)(=O)c1cnccc1NC. The summed E-state index contributed by atoms with van der Waals surface area (Å²) in [6, 6.07) is 1.65. The van der Waals surface area contributed by atoms with E-state index in [9.17, 15) is 8.42 Å². The minimum Gasteiger partial charge on any atom is -0.387 e. The molecule has 0 unspecified atom stereocenters. The Morgan fingerprint density at radius 2 is 2.06 bits per heavy atom. The van der Waals surface area contributed by atoms with Crippen LogP contribution in [-0.2, 0) is 10.0 Å². The first kappa shape index (κ1) is 14.9. The molecule has 102 valence electrons. The van der Waals surface area contributed by atoms with Crippen LogP contribution in [0.5, 0.6) is 0 Å². The molecular weight excluding hydrogens is 250 g/mol. The van der Waals surface area contributed by atoms with Gasteiger partial charge in [0.2, 0.25) is 10.0 Å². The zero-order valence-electron chi connectivity index (χ0n) is 11.6. The maximum atomic E-state index is 12.6. The molecule has 0 spiro atoms. The fraction of sp³-hybridized carbons (Fsp3) is 0.583. The lowest BCUT2D eigenvalue weighted by Crippen LogP contribution is -2.44. The maximum Gasteiger partial charge on any atom is 0.246 e. The third-order valence-electron chi connectivity index (χ3n) is 3.41. The van der Waals surface area contributed by atoms with Gasteiger partial charge < -0.3 is 5.32 Å². The molecule has 1 rings (SSSR count). The second-order valence-electron chi connectivity index (χ2n) is 4.76. The topological polar surface area (TPSA) is 62.3 Å². The van der Waals surface area contributed by atoms with E-state index in [1.807, 2.05) is 20.8 Å². The summed E-state index contributed by atoms with van der Waals surface area (Å²) in [6.07, 6.45) is 3.68. The molecule has 0 radical (unpaired) electrons. The van der Waals surface area contributed by atoms with Crippen LogP contribution in [0.4, 0.5) is 5.69 Å². The van der Waals surface area contributed by atoms with Crippen molar-refractivity contribution >= 4 is 15.7 Å². The van der Waals surface area contributed by atoms with Gasteiger partial charge in [0, 0.05) is 32.0 Å². The molecule has 18 heavy (non-hydrogen) atoms. The number of nitrogens with one attached hydrogen (secondary N) is 1. The first-order valence-electron chi connectivity index (χ1n) is 5.88. The van der Waals surface area contributed by atoms with Crippen LogP contribution in [0.25, 0.3) is 0 Å².